The van der Waals surface area contributed by atoms with Crippen molar-refractivity contribution in [2.75, 3.05) is 19.6 Å². The standard InChI is InChI=1S/C15H19ClN2O/c1-10-5-12(7-13(16)6-10)15(19)18-8-11-3-2-4-17-14(11)9-18/h5-7,11,14,17H,2-4,8-9H2,1H3/t11-,14+/m0/s1. The molecule has 2 fully saturated rings. The second-order valence-electron chi connectivity index (χ2n) is 5.69. The van der Waals surface area contributed by atoms with Crippen LogP contribution in [0, 0.1) is 12.8 Å². The molecule has 3 nitrogen and oxygen atoms in total. The van der Waals surface area contributed by atoms with E-state index >= 15 is 0 Å². The lowest BCUT2D eigenvalue weighted by molar-refractivity contribution is 0.0785. The third kappa shape index (κ3) is 2.63. The van der Waals surface area contributed by atoms with Crippen molar-refractivity contribution < 1.29 is 4.79 Å². The highest BCUT2D eigenvalue weighted by Crippen LogP contribution is 2.26. The third-order valence-electron chi connectivity index (χ3n) is 4.18. The number of halogens is 1. The van der Waals surface area contributed by atoms with E-state index in [0.717, 1.165) is 25.2 Å². The summed E-state index contributed by atoms with van der Waals surface area (Å²) in [5.74, 6) is 0.736. The summed E-state index contributed by atoms with van der Waals surface area (Å²) < 4.78 is 0. The van der Waals surface area contributed by atoms with Crippen molar-refractivity contribution in [1.29, 1.82) is 0 Å². The molecule has 4 heteroatoms. The first kappa shape index (κ1) is 12.9. The maximum Gasteiger partial charge on any atom is 0.253 e. The van der Waals surface area contributed by atoms with Crippen LogP contribution in [0.2, 0.25) is 5.02 Å². The van der Waals surface area contributed by atoms with Crippen molar-refractivity contribution in [2.45, 2.75) is 25.8 Å². The van der Waals surface area contributed by atoms with E-state index in [4.69, 9.17) is 11.6 Å². The molecule has 2 saturated heterocycles. The fourth-order valence-electron chi connectivity index (χ4n) is 3.25. The van der Waals surface area contributed by atoms with Crippen LogP contribution in [0.25, 0.3) is 0 Å². The SMILES string of the molecule is Cc1cc(Cl)cc(C(=O)N2C[C@@H]3CCCN[C@@H]3C2)c1. The molecule has 0 bridgehead atoms. The lowest BCUT2D eigenvalue weighted by Crippen LogP contribution is -2.41. The Kier molecular flexibility index (Phi) is 3.50. The summed E-state index contributed by atoms with van der Waals surface area (Å²) in [5.41, 5.74) is 1.74. The number of benzene rings is 1. The normalized spacial score (nSPS) is 26.3. The first-order valence-corrected chi connectivity index (χ1v) is 7.31. The minimum absolute atomic E-state index is 0.113. The molecular formula is C15H19ClN2O. The predicted molar refractivity (Wildman–Crippen MR) is 76.6 cm³/mol. The third-order valence-corrected chi connectivity index (χ3v) is 4.39. The zero-order valence-corrected chi connectivity index (χ0v) is 11.9. The lowest BCUT2D eigenvalue weighted by atomic mass is 9.94. The van der Waals surface area contributed by atoms with Crippen LogP contribution in [0.4, 0.5) is 0 Å². The number of nitrogens with one attached hydrogen (secondary N) is 1. The molecule has 1 aromatic rings. The van der Waals surface area contributed by atoms with Crippen molar-refractivity contribution in [3.05, 3.63) is 34.3 Å². The second-order valence-corrected chi connectivity index (χ2v) is 6.13. The van der Waals surface area contributed by atoms with Gasteiger partial charge in [-0.25, -0.2) is 0 Å². The molecule has 3 rings (SSSR count). The van der Waals surface area contributed by atoms with Crippen LogP contribution in [0.5, 0.6) is 0 Å². The summed E-state index contributed by atoms with van der Waals surface area (Å²) in [7, 11) is 0. The van der Waals surface area contributed by atoms with E-state index in [1.54, 1.807) is 6.07 Å². The molecular weight excluding hydrogens is 260 g/mol. The van der Waals surface area contributed by atoms with E-state index in [-0.39, 0.29) is 5.91 Å². The molecule has 0 aromatic heterocycles. The first-order chi connectivity index (χ1) is 9.13. The Hall–Kier alpha value is -1.06. The number of nitrogens with zero attached hydrogens (tertiary/aromatic N) is 1. The summed E-state index contributed by atoms with van der Waals surface area (Å²) in [5, 5.41) is 4.16. The molecule has 0 aliphatic carbocycles. The maximum atomic E-state index is 12.5. The van der Waals surface area contributed by atoms with Gasteiger partial charge in [-0.3, -0.25) is 4.79 Å². The monoisotopic (exact) mass is 278 g/mol. The van der Waals surface area contributed by atoms with Crippen LogP contribution in [-0.4, -0.2) is 36.5 Å². The molecule has 2 aliphatic rings. The van der Waals surface area contributed by atoms with Gasteiger partial charge in [0.1, 0.15) is 0 Å². The summed E-state index contributed by atoms with van der Waals surface area (Å²) in [6.45, 7) is 4.75. The number of fused-ring (bicyclic) bond motifs is 1. The van der Waals surface area contributed by atoms with Gasteiger partial charge in [-0.2, -0.15) is 0 Å². The van der Waals surface area contributed by atoms with Gasteiger partial charge < -0.3 is 10.2 Å². The topological polar surface area (TPSA) is 32.3 Å². The Morgan fingerprint density at radius 2 is 2.21 bits per heavy atom. The van der Waals surface area contributed by atoms with Gasteiger partial charge in [-0.15, -0.1) is 0 Å². The smallest absolute Gasteiger partial charge is 0.253 e. The highest BCUT2D eigenvalue weighted by atomic mass is 35.5. The number of amides is 1. The molecule has 1 N–H and O–H groups in total. The van der Waals surface area contributed by atoms with Crippen LogP contribution in [-0.2, 0) is 0 Å². The van der Waals surface area contributed by atoms with E-state index in [9.17, 15) is 4.79 Å². The molecule has 2 aliphatic heterocycles. The molecule has 102 valence electrons. The number of rotatable bonds is 1. The number of piperidine rings is 1. The number of aryl methyl sites for hydroxylation is 1. The minimum Gasteiger partial charge on any atom is -0.337 e. The van der Waals surface area contributed by atoms with Crippen molar-refractivity contribution in [1.82, 2.24) is 10.2 Å². The van der Waals surface area contributed by atoms with Crippen LogP contribution >= 0.6 is 11.6 Å². The average Bonchev–Trinajstić information content (AvgIpc) is 2.80. The van der Waals surface area contributed by atoms with Gasteiger partial charge in [0, 0.05) is 29.7 Å². The van der Waals surface area contributed by atoms with Gasteiger partial charge in [0.2, 0.25) is 0 Å². The molecule has 0 saturated carbocycles. The van der Waals surface area contributed by atoms with Crippen LogP contribution in [0.15, 0.2) is 18.2 Å². The van der Waals surface area contributed by atoms with Gasteiger partial charge in [0.15, 0.2) is 0 Å². The van der Waals surface area contributed by atoms with Gasteiger partial charge in [-0.1, -0.05) is 11.6 Å². The number of hydrogen-bond donors (Lipinski definition) is 1. The molecule has 0 spiro atoms. The molecule has 2 atom stereocenters. The summed E-state index contributed by atoms with van der Waals surface area (Å²) >= 11 is 6.04. The van der Waals surface area contributed by atoms with Crippen LogP contribution in [0.3, 0.4) is 0 Å². The van der Waals surface area contributed by atoms with Gasteiger partial charge in [-0.05, 0) is 56.0 Å². The Balaban J connectivity index is 1.77. The molecule has 0 unspecified atom stereocenters. The zero-order valence-electron chi connectivity index (χ0n) is 11.2. The van der Waals surface area contributed by atoms with Gasteiger partial charge in [0.05, 0.1) is 0 Å². The van der Waals surface area contributed by atoms with Crippen molar-refractivity contribution in [2.24, 2.45) is 5.92 Å². The van der Waals surface area contributed by atoms with E-state index in [1.165, 1.54) is 12.8 Å². The summed E-state index contributed by atoms with van der Waals surface area (Å²) in [6, 6.07) is 6.05. The quantitative estimate of drug-likeness (QED) is 0.856. The van der Waals surface area contributed by atoms with E-state index in [0.29, 0.717) is 22.5 Å². The second kappa shape index (κ2) is 5.14. The van der Waals surface area contributed by atoms with Crippen molar-refractivity contribution >= 4 is 17.5 Å². The van der Waals surface area contributed by atoms with Crippen LogP contribution in [0.1, 0.15) is 28.8 Å². The molecule has 2 heterocycles. The van der Waals surface area contributed by atoms with Crippen molar-refractivity contribution in [3.63, 3.8) is 0 Å². The molecule has 0 radical (unpaired) electrons. The Morgan fingerprint density at radius 3 is 2.95 bits per heavy atom. The highest BCUT2D eigenvalue weighted by molar-refractivity contribution is 6.31. The van der Waals surface area contributed by atoms with Gasteiger partial charge >= 0.3 is 0 Å². The lowest BCUT2D eigenvalue weighted by Gasteiger charge is -2.24. The fraction of sp³-hybridized carbons (Fsp3) is 0.533. The van der Waals surface area contributed by atoms with Gasteiger partial charge in [0.25, 0.3) is 5.91 Å². The Labute approximate surface area is 118 Å². The minimum atomic E-state index is 0.113. The number of carbonyl (C=O) groups excluding carboxylic acids is 1. The number of likely N-dealkylation sites (tertiary alicyclic amines) is 1. The Bertz CT molecular complexity index is 469. The van der Waals surface area contributed by atoms with Crippen LogP contribution < -0.4 is 5.32 Å². The summed E-state index contributed by atoms with van der Waals surface area (Å²) in [6.07, 6.45) is 2.45. The largest absolute Gasteiger partial charge is 0.337 e. The number of carbonyl (C=O) groups is 1. The summed E-state index contributed by atoms with van der Waals surface area (Å²) in [4.78, 5) is 14.5. The van der Waals surface area contributed by atoms with Crippen molar-refractivity contribution in [3.8, 4) is 0 Å². The first-order valence-electron chi connectivity index (χ1n) is 6.93. The van der Waals surface area contributed by atoms with E-state index < -0.39 is 0 Å². The predicted octanol–water partition coefficient (Wildman–Crippen LogP) is 2.47. The average molecular weight is 279 g/mol. The van der Waals surface area contributed by atoms with E-state index in [2.05, 4.69) is 5.32 Å². The molecule has 19 heavy (non-hydrogen) atoms. The molecule has 1 aromatic carbocycles. The maximum absolute atomic E-state index is 12.5. The fourth-order valence-corrected chi connectivity index (χ4v) is 3.54. The number of hydrogen-bond acceptors (Lipinski definition) is 2. The van der Waals surface area contributed by atoms with E-state index in [1.807, 2.05) is 24.0 Å². The Morgan fingerprint density at radius 1 is 1.37 bits per heavy atom. The molecule has 1 amide bonds. The highest BCUT2D eigenvalue weighted by Gasteiger charge is 2.36. The zero-order chi connectivity index (χ0) is 13.4.